The van der Waals surface area contributed by atoms with E-state index in [1.165, 1.54) is 0 Å². The van der Waals surface area contributed by atoms with E-state index in [2.05, 4.69) is 25.8 Å². The summed E-state index contributed by atoms with van der Waals surface area (Å²) in [5.74, 6) is 0. The van der Waals surface area contributed by atoms with Crippen LogP contribution in [-0.2, 0) is 5.41 Å². The Morgan fingerprint density at radius 1 is 1.41 bits per heavy atom. The highest BCUT2D eigenvalue weighted by atomic mass is 32.1. The molecule has 3 nitrogen and oxygen atoms in total. The summed E-state index contributed by atoms with van der Waals surface area (Å²) in [6, 6.07) is 0. The predicted molar refractivity (Wildman–Crippen MR) is 73.2 cm³/mol. The lowest BCUT2D eigenvalue weighted by atomic mass is 9.80. The lowest BCUT2D eigenvalue weighted by Crippen LogP contribution is -2.33. The molecule has 0 spiro atoms. The molecule has 0 aromatic carbocycles. The van der Waals surface area contributed by atoms with E-state index in [4.69, 9.17) is 5.73 Å². The van der Waals surface area contributed by atoms with Crippen molar-refractivity contribution in [2.45, 2.75) is 52.6 Å². The predicted octanol–water partition coefficient (Wildman–Crippen LogP) is 2.85. The highest BCUT2D eigenvalue weighted by Crippen LogP contribution is 2.37. The second-order valence-corrected chi connectivity index (χ2v) is 6.80. The summed E-state index contributed by atoms with van der Waals surface area (Å²) in [5, 5.41) is 13.4. The van der Waals surface area contributed by atoms with E-state index >= 15 is 0 Å². The van der Waals surface area contributed by atoms with Crippen molar-refractivity contribution in [3.8, 4) is 0 Å². The molecule has 98 valence electrons. The monoisotopic (exact) mass is 256 g/mol. The van der Waals surface area contributed by atoms with Crippen molar-refractivity contribution in [1.29, 1.82) is 0 Å². The summed E-state index contributed by atoms with van der Waals surface area (Å²) in [4.78, 5) is 4.56. The molecule has 0 amide bonds. The van der Waals surface area contributed by atoms with E-state index < -0.39 is 6.10 Å². The Morgan fingerprint density at radius 3 is 2.35 bits per heavy atom. The largest absolute Gasteiger partial charge is 0.386 e. The third-order valence-electron chi connectivity index (χ3n) is 3.38. The van der Waals surface area contributed by atoms with E-state index in [9.17, 15) is 5.11 Å². The molecule has 1 aromatic rings. The number of thiazole rings is 1. The van der Waals surface area contributed by atoms with E-state index in [0.717, 1.165) is 17.1 Å². The Balaban J connectivity index is 2.98. The number of nitrogens with zero attached hydrogens (tertiary/aromatic N) is 1. The molecule has 0 saturated heterocycles. The average Bonchev–Trinajstić information content (AvgIpc) is 2.75. The fraction of sp³-hybridized carbons (Fsp3) is 0.769. The summed E-state index contributed by atoms with van der Waals surface area (Å²) in [6.07, 6.45) is 0.261. The van der Waals surface area contributed by atoms with Gasteiger partial charge in [-0.3, -0.25) is 0 Å². The quantitative estimate of drug-likeness (QED) is 0.871. The van der Waals surface area contributed by atoms with Crippen LogP contribution in [0.4, 0.5) is 0 Å². The van der Waals surface area contributed by atoms with Crippen LogP contribution in [0.1, 0.15) is 57.8 Å². The molecule has 1 heterocycles. The Hall–Kier alpha value is -0.450. The molecule has 0 saturated carbocycles. The third-order valence-corrected chi connectivity index (χ3v) is 4.66. The van der Waals surface area contributed by atoms with Crippen LogP contribution in [0, 0.1) is 5.41 Å². The van der Waals surface area contributed by atoms with Gasteiger partial charge < -0.3 is 10.8 Å². The minimum Gasteiger partial charge on any atom is -0.386 e. The second-order valence-electron chi connectivity index (χ2n) is 5.94. The number of aliphatic hydroxyl groups is 1. The molecule has 0 radical (unpaired) electrons. The van der Waals surface area contributed by atoms with Gasteiger partial charge in [0.1, 0.15) is 6.10 Å². The molecule has 2 unspecified atom stereocenters. The molecule has 1 rings (SSSR count). The van der Waals surface area contributed by atoms with E-state index in [0.29, 0.717) is 6.54 Å². The SMILES string of the molecule is CCC(C)(CN)C(O)c1csc(C(C)(C)C)n1. The average molecular weight is 256 g/mol. The van der Waals surface area contributed by atoms with Gasteiger partial charge in [-0.25, -0.2) is 4.98 Å². The zero-order valence-electron chi connectivity index (χ0n) is 11.4. The Morgan fingerprint density at radius 2 is 2.00 bits per heavy atom. The van der Waals surface area contributed by atoms with Gasteiger partial charge in [0.15, 0.2) is 0 Å². The van der Waals surface area contributed by atoms with Crippen LogP contribution in [0.2, 0.25) is 0 Å². The van der Waals surface area contributed by atoms with Gasteiger partial charge in [-0.05, 0) is 6.42 Å². The normalized spacial score (nSPS) is 17.8. The maximum atomic E-state index is 10.4. The number of aliphatic hydroxyl groups excluding tert-OH is 1. The van der Waals surface area contributed by atoms with Crippen molar-refractivity contribution in [2.75, 3.05) is 6.54 Å². The van der Waals surface area contributed by atoms with E-state index in [1.54, 1.807) is 11.3 Å². The van der Waals surface area contributed by atoms with Gasteiger partial charge in [-0.2, -0.15) is 0 Å². The number of aromatic nitrogens is 1. The van der Waals surface area contributed by atoms with Gasteiger partial charge >= 0.3 is 0 Å². The van der Waals surface area contributed by atoms with Crippen LogP contribution in [0.25, 0.3) is 0 Å². The lowest BCUT2D eigenvalue weighted by Gasteiger charge is -2.31. The molecule has 0 fully saturated rings. The van der Waals surface area contributed by atoms with Gasteiger partial charge in [0, 0.05) is 22.8 Å². The van der Waals surface area contributed by atoms with Crippen molar-refractivity contribution >= 4 is 11.3 Å². The van der Waals surface area contributed by atoms with E-state index in [1.807, 2.05) is 19.2 Å². The van der Waals surface area contributed by atoms with Gasteiger partial charge in [-0.15, -0.1) is 11.3 Å². The van der Waals surface area contributed by atoms with Crippen molar-refractivity contribution < 1.29 is 5.11 Å². The molecule has 2 atom stereocenters. The number of hydrogen-bond donors (Lipinski definition) is 2. The van der Waals surface area contributed by atoms with E-state index in [-0.39, 0.29) is 10.8 Å². The van der Waals surface area contributed by atoms with Crippen LogP contribution >= 0.6 is 11.3 Å². The smallest absolute Gasteiger partial charge is 0.103 e. The van der Waals surface area contributed by atoms with Gasteiger partial charge in [0.05, 0.1) is 10.7 Å². The Labute approximate surface area is 108 Å². The minimum absolute atomic E-state index is 0.0357. The molecular weight excluding hydrogens is 232 g/mol. The van der Waals surface area contributed by atoms with Crippen LogP contribution in [0.15, 0.2) is 5.38 Å². The van der Waals surface area contributed by atoms with Gasteiger partial charge in [0.25, 0.3) is 0 Å². The first-order valence-corrected chi connectivity index (χ1v) is 6.96. The standard InChI is InChI=1S/C13H24N2OS/c1-6-13(5,8-14)10(16)9-7-17-11(15-9)12(2,3)4/h7,10,16H,6,8,14H2,1-5H3. The molecule has 1 aromatic heterocycles. The molecular formula is C13H24N2OS. The summed E-state index contributed by atoms with van der Waals surface area (Å²) in [6.45, 7) is 10.9. The van der Waals surface area contributed by atoms with Crippen molar-refractivity contribution in [3.05, 3.63) is 16.1 Å². The fourth-order valence-corrected chi connectivity index (χ4v) is 2.49. The highest BCUT2D eigenvalue weighted by Gasteiger charge is 2.33. The van der Waals surface area contributed by atoms with Crippen molar-refractivity contribution in [2.24, 2.45) is 11.1 Å². The second kappa shape index (κ2) is 5.04. The first-order chi connectivity index (χ1) is 7.74. The lowest BCUT2D eigenvalue weighted by molar-refractivity contribution is 0.0360. The number of nitrogens with two attached hydrogens (primary N) is 1. The van der Waals surface area contributed by atoms with Crippen LogP contribution < -0.4 is 5.73 Å². The molecule has 0 bridgehead atoms. The van der Waals surface area contributed by atoms with Gasteiger partial charge in [0.2, 0.25) is 0 Å². The van der Waals surface area contributed by atoms with Gasteiger partial charge in [-0.1, -0.05) is 34.6 Å². The zero-order valence-corrected chi connectivity index (χ0v) is 12.3. The van der Waals surface area contributed by atoms with Crippen LogP contribution in [0.3, 0.4) is 0 Å². The number of rotatable bonds is 4. The highest BCUT2D eigenvalue weighted by molar-refractivity contribution is 7.09. The third kappa shape index (κ3) is 3.06. The summed E-state index contributed by atoms with van der Waals surface area (Å²) >= 11 is 1.61. The topological polar surface area (TPSA) is 59.1 Å². The summed E-state index contributed by atoms with van der Waals surface area (Å²) in [5.41, 5.74) is 6.27. The number of hydrogen-bond acceptors (Lipinski definition) is 4. The molecule has 3 N–H and O–H groups in total. The van der Waals surface area contributed by atoms with Crippen molar-refractivity contribution in [3.63, 3.8) is 0 Å². The molecule has 0 aliphatic carbocycles. The van der Waals surface area contributed by atoms with Crippen LogP contribution in [0.5, 0.6) is 0 Å². The maximum Gasteiger partial charge on any atom is 0.103 e. The summed E-state index contributed by atoms with van der Waals surface area (Å²) < 4.78 is 0. The Kier molecular flexibility index (Phi) is 4.33. The molecule has 0 aliphatic heterocycles. The van der Waals surface area contributed by atoms with Crippen LogP contribution in [-0.4, -0.2) is 16.6 Å². The fourth-order valence-electron chi connectivity index (χ4n) is 1.56. The molecule has 0 aliphatic rings. The molecule has 4 heteroatoms. The Bertz CT molecular complexity index is 364. The first-order valence-electron chi connectivity index (χ1n) is 6.08. The summed E-state index contributed by atoms with van der Waals surface area (Å²) in [7, 11) is 0. The maximum absolute atomic E-state index is 10.4. The first kappa shape index (κ1) is 14.6. The molecule has 17 heavy (non-hydrogen) atoms. The zero-order chi connectivity index (χ0) is 13.3. The minimum atomic E-state index is -0.579. The van der Waals surface area contributed by atoms with Crippen molar-refractivity contribution in [1.82, 2.24) is 4.98 Å².